The molecule has 88 valence electrons. The molecule has 0 aliphatic heterocycles. The average molecular weight is 239 g/mol. The van der Waals surface area contributed by atoms with Crippen molar-refractivity contribution in [2.75, 3.05) is 0 Å². The molecule has 3 rings (SSSR count). The lowest BCUT2D eigenvalue weighted by atomic mass is 10.1. The Bertz CT molecular complexity index is 734. The maximum absolute atomic E-state index is 10.9. The maximum Gasteiger partial charge on any atom is 0.354 e. The first-order valence-electron chi connectivity index (χ1n) is 5.37. The lowest BCUT2D eigenvalue weighted by Gasteiger charge is -2.01. The number of carboxylic acid groups (broad SMARTS) is 1. The lowest BCUT2D eigenvalue weighted by Crippen LogP contribution is -2.01. The molecule has 2 N–H and O–H groups in total. The summed E-state index contributed by atoms with van der Waals surface area (Å²) in [6, 6.07) is 9.22. The van der Waals surface area contributed by atoms with Crippen LogP contribution in [0.25, 0.3) is 22.2 Å². The van der Waals surface area contributed by atoms with Crippen molar-refractivity contribution < 1.29 is 9.90 Å². The minimum atomic E-state index is -1.05. The number of hydrogen-bond acceptors (Lipinski definition) is 3. The van der Waals surface area contributed by atoms with Crippen molar-refractivity contribution in [2.45, 2.75) is 0 Å². The molecule has 0 bridgehead atoms. The van der Waals surface area contributed by atoms with Gasteiger partial charge in [0.1, 0.15) is 6.33 Å². The van der Waals surface area contributed by atoms with Crippen LogP contribution in [-0.2, 0) is 0 Å². The number of carbonyl (C=O) groups is 1. The molecule has 0 fully saturated rings. The minimum Gasteiger partial charge on any atom is -0.477 e. The van der Waals surface area contributed by atoms with Gasteiger partial charge >= 0.3 is 5.97 Å². The first-order valence-corrected chi connectivity index (χ1v) is 5.37. The summed E-state index contributed by atoms with van der Waals surface area (Å²) in [5, 5.41) is 9.96. The molecule has 0 saturated carbocycles. The van der Waals surface area contributed by atoms with Crippen LogP contribution in [0.2, 0.25) is 0 Å². The fourth-order valence-electron chi connectivity index (χ4n) is 1.84. The molecule has 0 radical (unpaired) electrons. The van der Waals surface area contributed by atoms with Crippen LogP contribution < -0.4 is 0 Å². The van der Waals surface area contributed by atoms with Gasteiger partial charge in [0.05, 0.1) is 5.69 Å². The molecule has 2 aromatic heterocycles. The van der Waals surface area contributed by atoms with Gasteiger partial charge in [0.2, 0.25) is 0 Å². The third kappa shape index (κ3) is 1.71. The monoisotopic (exact) mass is 239 g/mol. The van der Waals surface area contributed by atoms with Crippen molar-refractivity contribution in [2.24, 2.45) is 0 Å². The van der Waals surface area contributed by atoms with E-state index < -0.39 is 5.97 Å². The van der Waals surface area contributed by atoms with Gasteiger partial charge in [-0.15, -0.1) is 0 Å². The summed E-state index contributed by atoms with van der Waals surface area (Å²) in [6.07, 6.45) is 3.12. The number of aromatic amines is 1. The summed E-state index contributed by atoms with van der Waals surface area (Å²) in [4.78, 5) is 21.8. The average Bonchev–Trinajstić information content (AvgIpc) is 2.86. The number of rotatable bonds is 2. The van der Waals surface area contributed by atoms with E-state index in [1.54, 1.807) is 0 Å². The number of aromatic carboxylic acids is 1. The quantitative estimate of drug-likeness (QED) is 0.719. The van der Waals surface area contributed by atoms with E-state index in [-0.39, 0.29) is 5.69 Å². The Labute approximate surface area is 102 Å². The van der Waals surface area contributed by atoms with E-state index in [4.69, 9.17) is 5.11 Å². The number of fused-ring (bicyclic) bond motifs is 1. The van der Waals surface area contributed by atoms with Gasteiger partial charge in [0, 0.05) is 22.7 Å². The fraction of sp³-hybridized carbons (Fsp3) is 0. The van der Waals surface area contributed by atoms with Gasteiger partial charge in [-0.25, -0.2) is 14.8 Å². The third-order valence-corrected chi connectivity index (χ3v) is 2.74. The summed E-state index contributed by atoms with van der Waals surface area (Å²) in [5.41, 5.74) is 2.50. The van der Waals surface area contributed by atoms with Crippen LogP contribution in [0, 0.1) is 0 Å². The van der Waals surface area contributed by atoms with E-state index in [1.165, 1.54) is 12.4 Å². The predicted molar refractivity (Wildman–Crippen MR) is 66.3 cm³/mol. The number of nitrogens with zero attached hydrogens (tertiary/aromatic N) is 2. The van der Waals surface area contributed by atoms with E-state index in [0.29, 0.717) is 5.69 Å². The highest BCUT2D eigenvalue weighted by atomic mass is 16.4. The molecule has 0 unspecified atom stereocenters. The van der Waals surface area contributed by atoms with Gasteiger partial charge in [-0.05, 0) is 24.3 Å². The molecular formula is C13H9N3O2. The zero-order valence-electron chi connectivity index (χ0n) is 9.29. The standard InChI is InChI=1S/C13H9N3O2/c17-13(18)12-6-11(15-7-16-12)8-1-2-10-9(5-8)3-4-14-10/h1-7,14H,(H,17,18). The van der Waals surface area contributed by atoms with Crippen LogP contribution >= 0.6 is 0 Å². The zero-order valence-corrected chi connectivity index (χ0v) is 9.29. The van der Waals surface area contributed by atoms with Gasteiger partial charge in [-0.1, -0.05) is 6.07 Å². The molecule has 0 aliphatic rings. The number of aromatic nitrogens is 3. The van der Waals surface area contributed by atoms with Crippen molar-refractivity contribution in [1.29, 1.82) is 0 Å². The van der Waals surface area contributed by atoms with E-state index in [2.05, 4.69) is 15.0 Å². The Hall–Kier alpha value is -2.69. The molecule has 0 aliphatic carbocycles. The van der Waals surface area contributed by atoms with Crippen molar-refractivity contribution in [3.8, 4) is 11.3 Å². The largest absolute Gasteiger partial charge is 0.477 e. The molecule has 2 heterocycles. The summed E-state index contributed by atoms with van der Waals surface area (Å²) in [6.45, 7) is 0. The fourth-order valence-corrected chi connectivity index (χ4v) is 1.84. The van der Waals surface area contributed by atoms with E-state index >= 15 is 0 Å². The van der Waals surface area contributed by atoms with Crippen LogP contribution in [0.3, 0.4) is 0 Å². The number of nitrogens with one attached hydrogen (secondary N) is 1. The molecule has 0 saturated heterocycles. The molecule has 0 amide bonds. The van der Waals surface area contributed by atoms with Gasteiger partial charge < -0.3 is 10.1 Å². The molecule has 0 spiro atoms. The molecule has 5 heteroatoms. The van der Waals surface area contributed by atoms with Crippen molar-refractivity contribution in [3.05, 3.63) is 48.5 Å². The summed E-state index contributed by atoms with van der Waals surface area (Å²) >= 11 is 0. The third-order valence-electron chi connectivity index (χ3n) is 2.74. The van der Waals surface area contributed by atoms with Gasteiger partial charge in [-0.2, -0.15) is 0 Å². The Morgan fingerprint density at radius 3 is 2.89 bits per heavy atom. The first kappa shape index (κ1) is 10.5. The normalized spacial score (nSPS) is 10.7. The topological polar surface area (TPSA) is 78.9 Å². The SMILES string of the molecule is O=C(O)c1cc(-c2ccc3[nH]ccc3c2)ncn1. The number of benzene rings is 1. The molecule has 18 heavy (non-hydrogen) atoms. The van der Waals surface area contributed by atoms with Crippen LogP contribution in [-0.4, -0.2) is 26.0 Å². The Morgan fingerprint density at radius 1 is 1.17 bits per heavy atom. The Balaban J connectivity index is 2.13. The van der Waals surface area contributed by atoms with E-state index in [1.807, 2.05) is 30.5 Å². The van der Waals surface area contributed by atoms with Crippen molar-refractivity contribution in [3.63, 3.8) is 0 Å². The second kappa shape index (κ2) is 3.96. The maximum atomic E-state index is 10.9. The molecule has 0 atom stereocenters. The van der Waals surface area contributed by atoms with Crippen molar-refractivity contribution in [1.82, 2.24) is 15.0 Å². The second-order valence-electron chi connectivity index (χ2n) is 3.87. The Kier molecular flexibility index (Phi) is 2.30. The highest BCUT2D eigenvalue weighted by Gasteiger charge is 2.08. The predicted octanol–water partition coefficient (Wildman–Crippen LogP) is 2.32. The molecular weight excluding hydrogens is 230 g/mol. The lowest BCUT2D eigenvalue weighted by molar-refractivity contribution is 0.0690. The highest BCUT2D eigenvalue weighted by molar-refractivity contribution is 5.88. The van der Waals surface area contributed by atoms with E-state index in [0.717, 1.165) is 16.5 Å². The van der Waals surface area contributed by atoms with Crippen LogP contribution in [0.1, 0.15) is 10.5 Å². The van der Waals surface area contributed by atoms with Crippen LogP contribution in [0.4, 0.5) is 0 Å². The number of carboxylic acids is 1. The van der Waals surface area contributed by atoms with Gasteiger partial charge in [0.15, 0.2) is 5.69 Å². The molecule has 1 aromatic carbocycles. The summed E-state index contributed by atoms with van der Waals surface area (Å²) in [5.74, 6) is -1.05. The molecule has 3 aromatic rings. The number of hydrogen-bond donors (Lipinski definition) is 2. The summed E-state index contributed by atoms with van der Waals surface area (Å²) < 4.78 is 0. The van der Waals surface area contributed by atoms with Gasteiger partial charge in [-0.3, -0.25) is 0 Å². The zero-order chi connectivity index (χ0) is 12.5. The van der Waals surface area contributed by atoms with Crippen LogP contribution in [0.5, 0.6) is 0 Å². The summed E-state index contributed by atoms with van der Waals surface area (Å²) in [7, 11) is 0. The molecule has 5 nitrogen and oxygen atoms in total. The number of H-pyrrole nitrogens is 1. The van der Waals surface area contributed by atoms with Crippen LogP contribution in [0.15, 0.2) is 42.9 Å². The van der Waals surface area contributed by atoms with Crippen molar-refractivity contribution >= 4 is 16.9 Å². The first-order chi connectivity index (χ1) is 8.74. The Morgan fingerprint density at radius 2 is 2.06 bits per heavy atom. The highest BCUT2D eigenvalue weighted by Crippen LogP contribution is 2.22. The van der Waals surface area contributed by atoms with Gasteiger partial charge in [0.25, 0.3) is 0 Å². The second-order valence-corrected chi connectivity index (χ2v) is 3.87. The smallest absolute Gasteiger partial charge is 0.354 e. The minimum absolute atomic E-state index is 0.00540. The van der Waals surface area contributed by atoms with E-state index in [9.17, 15) is 4.79 Å².